The van der Waals surface area contributed by atoms with E-state index in [1.807, 2.05) is 18.2 Å². The Morgan fingerprint density at radius 1 is 1.10 bits per heavy atom. The number of nitrogens with one attached hydrogen (secondary N) is 1. The highest BCUT2D eigenvalue weighted by Crippen LogP contribution is 2.06. The SMILES string of the molecule is CN(CCCCc1ccccc1)C(=O)c1ccc(=O)[nH]c1. The Hall–Kier alpha value is -2.36. The summed E-state index contributed by atoms with van der Waals surface area (Å²) >= 11 is 0. The van der Waals surface area contributed by atoms with Gasteiger partial charge < -0.3 is 9.88 Å². The molecule has 1 aromatic carbocycles. The molecule has 1 N–H and O–H groups in total. The maximum atomic E-state index is 12.1. The van der Waals surface area contributed by atoms with Gasteiger partial charge in [0, 0.05) is 25.9 Å². The summed E-state index contributed by atoms with van der Waals surface area (Å²) in [6, 6.07) is 13.3. The summed E-state index contributed by atoms with van der Waals surface area (Å²) in [6.07, 6.45) is 4.50. The fourth-order valence-corrected chi connectivity index (χ4v) is 2.19. The lowest BCUT2D eigenvalue weighted by Crippen LogP contribution is -2.28. The van der Waals surface area contributed by atoms with Gasteiger partial charge in [-0.05, 0) is 30.9 Å². The molecule has 0 radical (unpaired) electrons. The molecule has 0 aliphatic rings. The van der Waals surface area contributed by atoms with Crippen LogP contribution in [0.15, 0.2) is 53.5 Å². The molecule has 1 heterocycles. The molecule has 0 atom stereocenters. The standard InChI is InChI=1S/C17H20N2O2/c1-19(17(21)15-10-11-16(20)18-13-15)12-6-5-9-14-7-3-2-4-8-14/h2-4,7-8,10-11,13H,5-6,9,12H2,1H3,(H,18,20). The lowest BCUT2D eigenvalue weighted by Gasteiger charge is -2.16. The van der Waals surface area contributed by atoms with E-state index in [-0.39, 0.29) is 11.5 Å². The van der Waals surface area contributed by atoms with Gasteiger partial charge in [0.1, 0.15) is 0 Å². The molecule has 0 saturated carbocycles. The lowest BCUT2D eigenvalue weighted by molar-refractivity contribution is 0.0792. The molecule has 2 rings (SSSR count). The highest BCUT2D eigenvalue weighted by Gasteiger charge is 2.10. The number of amides is 1. The van der Waals surface area contributed by atoms with Crippen molar-refractivity contribution in [2.24, 2.45) is 0 Å². The Balaban J connectivity index is 1.76. The van der Waals surface area contributed by atoms with Crippen molar-refractivity contribution in [2.75, 3.05) is 13.6 Å². The zero-order chi connectivity index (χ0) is 15.1. The third-order valence-corrected chi connectivity index (χ3v) is 3.43. The molecule has 4 heteroatoms. The van der Waals surface area contributed by atoms with Crippen molar-refractivity contribution in [3.8, 4) is 0 Å². The molecule has 0 aliphatic heterocycles. The molecule has 0 bridgehead atoms. The smallest absolute Gasteiger partial charge is 0.255 e. The summed E-state index contributed by atoms with van der Waals surface area (Å²) in [5.74, 6) is -0.0639. The summed E-state index contributed by atoms with van der Waals surface area (Å²) in [6.45, 7) is 0.713. The molecule has 2 aromatic rings. The lowest BCUT2D eigenvalue weighted by atomic mass is 10.1. The molecule has 4 nitrogen and oxygen atoms in total. The van der Waals surface area contributed by atoms with Gasteiger partial charge in [0.15, 0.2) is 0 Å². The monoisotopic (exact) mass is 284 g/mol. The van der Waals surface area contributed by atoms with Crippen molar-refractivity contribution in [3.63, 3.8) is 0 Å². The van der Waals surface area contributed by atoms with Crippen LogP contribution in [0, 0.1) is 0 Å². The van der Waals surface area contributed by atoms with Gasteiger partial charge in [0.25, 0.3) is 5.91 Å². The van der Waals surface area contributed by atoms with E-state index in [4.69, 9.17) is 0 Å². The number of unbranched alkanes of at least 4 members (excludes halogenated alkanes) is 1. The number of aromatic amines is 1. The molecule has 0 unspecified atom stereocenters. The first-order valence-electron chi connectivity index (χ1n) is 7.15. The summed E-state index contributed by atoms with van der Waals surface area (Å²) < 4.78 is 0. The van der Waals surface area contributed by atoms with Gasteiger partial charge in [-0.15, -0.1) is 0 Å². The second kappa shape index (κ2) is 7.43. The number of carbonyl (C=O) groups excluding carboxylic acids is 1. The van der Waals surface area contributed by atoms with Crippen molar-refractivity contribution < 1.29 is 4.79 Å². The molecule has 0 spiro atoms. The molecular formula is C17H20N2O2. The number of rotatable bonds is 6. The number of hydrogen-bond donors (Lipinski definition) is 1. The van der Waals surface area contributed by atoms with Crippen LogP contribution >= 0.6 is 0 Å². The van der Waals surface area contributed by atoms with E-state index in [2.05, 4.69) is 17.1 Å². The summed E-state index contributed by atoms with van der Waals surface area (Å²) in [5.41, 5.74) is 1.64. The van der Waals surface area contributed by atoms with Gasteiger partial charge in [-0.2, -0.15) is 0 Å². The van der Waals surface area contributed by atoms with Crippen LogP contribution in [0.3, 0.4) is 0 Å². The number of nitrogens with zero attached hydrogens (tertiary/aromatic N) is 1. The maximum absolute atomic E-state index is 12.1. The highest BCUT2D eigenvalue weighted by atomic mass is 16.2. The maximum Gasteiger partial charge on any atom is 0.255 e. The van der Waals surface area contributed by atoms with Gasteiger partial charge in [-0.3, -0.25) is 9.59 Å². The van der Waals surface area contributed by atoms with Crippen LogP contribution in [0.2, 0.25) is 0 Å². The van der Waals surface area contributed by atoms with Crippen molar-refractivity contribution >= 4 is 5.91 Å². The predicted molar refractivity (Wildman–Crippen MR) is 83.4 cm³/mol. The predicted octanol–water partition coefficient (Wildman–Crippen LogP) is 2.47. The van der Waals surface area contributed by atoms with Crippen LogP contribution in [-0.2, 0) is 6.42 Å². The number of benzene rings is 1. The third-order valence-electron chi connectivity index (χ3n) is 3.43. The van der Waals surface area contributed by atoms with Crippen LogP contribution in [0.5, 0.6) is 0 Å². The van der Waals surface area contributed by atoms with E-state index >= 15 is 0 Å². The molecule has 1 amide bonds. The van der Waals surface area contributed by atoms with Crippen molar-refractivity contribution in [1.82, 2.24) is 9.88 Å². The second-order valence-electron chi connectivity index (χ2n) is 5.11. The van der Waals surface area contributed by atoms with Crippen molar-refractivity contribution in [1.29, 1.82) is 0 Å². The first-order chi connectivity index (χ1) is 10.2. The minimum Gasteiger partial charge on any atom is -0.342 e. The van der Waals surface area contributed by atoms with Gasteiger partial charge in [0.05, 0.1) is 5.56 Å². The molecule has 0 aliphatic carbocycles. The van der Waals surface area contributed by atoms with Crippen LogP contribution in [-0.4, -0.2) is 29.4 Å². The number of H-pyrrole nitrogens is 1. The highest BCUT2D eigenvalue weighted by molar-refractivity contribution is 5.93. The molecule has 110 valence electrons. The zero-order valence-electron chi connectivity index (χ0n) is 12.2. The number of pyridine rings is 1. The topological polar surface area (TPSA) is 53.2 Å². The number of hydrogen-bond acceptors (Lipinski definition) is 2. The quantitative estimate of drug-likeness (QED) is 0.828. The first-order valence-corrected chi connectivity index (χ1v) is 7.15. The second-order valence-corrected chi connectivity index (χ2v) is 5.11. The average molecular weight is 284 g/mol. The Morgan fingerprint density at radius 3 is 2.52 bits per heavy atom. The molecule has 0 saturated heterocycles. The fraction of sp³-hybridized carbons (Fsp3) is 0.294. The van der Waals surface area contributed by atoms with Crippen LogP contribution in [0.1, 0.15) is 28.8 Å². The van der Waals surface area contributed by atoms with Gasteiger partial charge >= 0.3 is 0 Å². The molecular weight excluding hydrogens is 264 g/mol. The van der Waals surface area contributed by atoms with E-state index in [0.717, 1.165) is 19.3 Å². The fourth-order valence-electron chi connectivity index (χ4n) is 2.19. The summed E-state index contributed by atoms with van der Waals surface area (Å²) in [4.78, 5) is 27.3. The zero-order valence-corrected chi connectivity index (χ0v) is 12.2. The Labute approximate surface area is 124 Å². The van der Waals surface area contributed by atoms with Crippen molar-refractivity contribution in [2.45, 2.75) is 19.3 Å². The van der Waals surface area contributed by atoms with Crippen molar-refractivity contribution in [3.05, 3.63) is 70.1 Å². The number of aromatic nitrogens is 1. The van der Waals surface area contributed by atoms with E-state index in [1.54, 1.807) is 18.0 Å². The van der Waals surface area contributed by atoms with Crippen LogP contribution < -0.4 is 5.56 Å². The first kappa shape index (κ1) is 15.0. The van der Waals surface area contributed by atoms with E-state index in [1.165, 1.54) is 17.8 Å². The van der Waals surface area contributed by atoms with Crippen LogP contribution in [0.25, 0.3) is 0 Å². The average Bonchev–Trinajstić information content (AvgIpc) is 2.52. The molecule has 1 aromatic heterocycles. The van der Waals surface area contributed by atoms with E-state index in [0.29, 0.717) is 12.1 Å². The van der Waals surface area contributed by atoms with Gasteiger partial charge in [-0.1, -0.05) is 30.3 Å². The van der Waals surface area contributed by atoms with Crippen LogP contribution in [0.4, 0.5) is 0 Å². The van der Waals surface area contributed by atoms with Gasteiger partial charge in [-0.25, -0.2) is 0 Å². The summed E-state index contributed by atoms with van der Waals surface area (Å²) in [5, 5.41) is 0. The minimum atomic E-state index is -0.197. The normalized spacial score (nSPS) is 10.3. The number of aryl methyl sites for hydroxylation is 1. The largest absolute Gasteiger partial charge is 0.342 e. The number of carbonyl (C=O) groups is 1. The minimum absolute atomic E-state index is 0.0639. The Morgan fingerprint density at radius 2 is 1.86 bits per heavy atom. The van der Waals surface area contributed by atoms with E-state index < -0.39 is 0 Å². The summed E-state index contributed by atoms with van der Waals surface area (Å²) in [7, 11) is 1.79. The molecule has 21 heavy (non-hydrogen) atoms. The molecule has 0 fully saturated rings. The Kier molecular flexibility index (Phi) is 5.32. The third kappa shape index (κ3) is 4.60. The van der Waals surface area contributed by atoms with E-state index in [9.17, 15) is 9.59 Å². The van der Waals surface area contributed by atoms with Gasteiger partial charge in [0.2, 0.25) is 5.56 Å². The Bertz CT molecular complexity index is 614.